The number of carbonyl (C=O) groups excluding carboxylic acids is 2. The topological polar surface area (TPSA) is 93.3 Å². The summed E-state index contributed by atoms with van der Waals surface area (Å²) in [5.41, 5.74) is 1.17. The van der Waals surface area contributed by atoms with Crippen molar-refractivity contribution >= 4 is 11.8 Å². The van der Waals surface area contributed by atoms with Crippen LogP contribution in [0.25, 0.3) is 0 Å². The zero-order valence-corrected chi connectivity index (χ0v) is 15.8. The Morgan fingerprint density at radius 2 is 2.04 bits per heavy atom. The van der Waals surface area contributed by atoms with Crippen LogP contribution in [0.5, 0.6) is 0 Å². The van der Waals surface area contributed by atoms with Crippen LogP contribution in [0.2, 0.25) is 0 Å². The van der Waals surface area contributed by atoms with Crippen LogP contribution in [0, 0.1) is 12.3 Å². The quantitative estimate of drug-likeness (QED) is 0.896. The molecule has 1 saturated heterocycles. The van der Waals surface area contributed by atoms with Crippen LogP contribution in [0.3, 0.4) is 0 Å². The molecule has 1 aliphatic heterocycles. The van der Waals surface area contributed by atoms with Crippen LogP contribution in [0.4, 0.5) is 0 Å². The number of hydrogen-bond acceptors (Lipinski definition) is 5. The molecule has 3 heterocycles. The summed E-state index contributed by atoms with van der Waals surface area (Å²) in [4.78, 5) is 27.0. The first-order chi connectivity index (χ1) is 12.1. The molecule has 0 radical (unpaired) electrons. The Morgan fingerprint density at radius 1 is 1.31 bits per heavy atom. The third-order valence-electron chi connectivity index (χ3n) is 4.57. The van der Waals surface area contributed by atoms with E-state index in [1.165, 1.54) is 0 Å². The second kappa shape index (κ2) is 6.59. The summed E-state index contributed by atoms with van der Waals surface area (Å²) >= 11 is 0. The highest BCUT2D eigenvalue weighted by Crippen LogP contribution is 2.30. The van der Waals surface area contributed by atoms with Crippen LogP contribution >= 0.6 is 0 Å². The van der Waals surface area contributed by atoms with Gasteiger partial charge in [0, 0.05) is 43.7 Å². The Kier molecular flexibility index (Phi) is 4.60. The monoisotopic (exact) mass is 359 g/mol. The molecule has 2 aromatic rings. The van der Waals surface area contributed by atoms with Crippen molar-refractivity contribution < 1.29 is 14.1 Å². The molecule has 0 saturated carbocycles. The lowest BCUT2D eigenvalue weighted by Crippen LogP contribution is -2.42. The molecular formula is C18H25N5O3. The minimum Gasteiger partial charge on any atom is -0.351 e. The Labute approximate surface area is 152 Å². The van der Waals surface area contributed by atoms with E-state index >= 15 is 0 Å². The number of nitrogens with one attached hydrogen (secondary N) is 1. The van der Waals surface area contributed by atoms with Gasteiger partial charge in [-0.3, -0.25) is 14.3 Å². The molecule has 2 aromatic heterocycles. The SMILES string of the molecule is Cc1cc(C(=O)N[C@@H]2CN(C(=O)C(C)(C)C)C[C@H]2c2cnn(C)c2)on1. The van der Waals surface area contributed by atoms with Gasteiger partial charge in [0.1, 0.15) is 0 Å². The number of rotatable bonds is 3. The van der Waals surface area contributed by atoms with Gasteiger partial charge in [0.2, 0.25) is 11.7 Å². The maximum atomic E-state index is 12.7. The summed E-state index contributed by atoms with van der Waals surface area (Å²) in [5.74, 6) is -0.107. The van der Waals surface area contributed by atoms with Gasteiger partial charge in [-0.1, -0.05) is 25.9 Å². The number of amides is 2. The predicted octanol–water partition coefficient (Wildman–Crippen LogP) is 1.49. The second-order valence-corrected chi connectivity index (χ2v) is 7.93. The van der Waals surface area contributed by atoms with Gasteiger partial charge in [0.15, 0.2) is 0 Å². The summed E-state index contributed by atoms with van der Waals surface area (Å²) in [6.45, 7) is 8.46. The van der Waals surface area contributed by atoms with Gasteiger partial charge < -0.3 is 14.7 Å². The van der Waals surface area contributed by atoms with Gasteiger partial charge in [0.05, 0.1) is 17.9 Å². The van der Waals surface area contributed by atoms with Crippen molar-refractivity contribution in [3.63, 3.8) is 0 Å². The number of likely N-dealkylation sites (tertiary alicyclic amines) is 1. The van der Waals surface area contributed by atoms with Crippen molar-refractivity contribution in [2.75, 3.05) is 13.1 Å². The number of carbonyl (C=O) groups is 2. The highest BCUT2D eigenvalue weighted by Gasteiger charge is 2.40. The lowest BCUT2D eigenvalue weighted by atomic mass is 9.95. The summed E-state index contributed by atoms with van der Waals surface area (Å²) in [6, 6.07) is 1.38. The lowest BCUT2D eigenvalue weighted by molar-refractivity contribution is -0.138. The molecular weight excluding hydrogens is 334 g/mol. The van der Waals surface area contributed by atoms with Crippen molar-refractivity contribution in [3.8, 4) is 0 Å². The van der Waals surface area contributed by atoms with E-state index in [-0.39, 0.29) is 29.5 Å². The fraction of sp³-hybridized carbons (Fsp3) is 0.556. The zero-order valence-electron chi connectivity index (χ0n) is 15.8. The van der Waals surface area contributed by atoms with E-state index in [1.54, 1.807) is 23.9 Å². The molecule has 2 amide bonds. The molecule has 0 spiro atoms. The molecule has 1 aliphatic rings. The van der Waals surface area contributed by atoms with Crippen LogP contribution < -0.4 is 5.32 Å². The Balaban J connectivity index is 1.82. The molecule has 8 heteroatoms. The molecule has 0 aromatic carbocycles. The molecule has 2 atom stereocenters. The number of nitrogens with zero attached hydrogens (tertiary/aromatic N) is 4. The Bertz CT molecular complexity index is 817. The molecule has 1 fully saturated rings. The van der Waals surface area contributed by atoms with E-state index in [9.17, 15) is 9.59 Å². The summed E-state index contributed by atoms with van der Waals surface area (Å²) < 4.78 is 6.78. The molecule has 8 nitrogen and oxygen atoms in total. The minimum atomic E-state index is -0.472. The highest BCUT2D eigenvalue weighted by molar-refractivity contribution is 5.92. The van der Waals surface area contributed by atoms with Crippen LogP contribution in [0.1, 0.15) is 48.5 Å². The maximum Gasteiger partial charge on any atom is 0.290 e. The van der Waals surface area contributed by atoms with Gasteiger partial charge >= 0.3 is 0 Å². The smallest absolute Gasteiger partial charge is 0.290 e. The standard InChI is InChI=1S/C18H25N5O3/c1-11-6-15(26-21-11)16(24)20-14-10-23(17(25)18(2,3)4)9-13(14)12-7-19-22(5)8-12/h6-8,13-14H,9-10H2,1-5H3,(H,20,24)/t13-,14+/m0/s1. The lowest BCUT2D eigenvalue weighted by Gasteiger charge is -2.25. The van der Waals surface area contributed by atoms with Gasteiger partial charge in [-0.05, 0) is 12.5 Å². The number of aryl methyl sites for hydroxylation is 2. The van der Waals surface area contributed by atoms with E-state index in [4.69, 9.17) is 4.52 Å². The van der Waals surface area contributed by atoms with E-state index < -0.39 is 5.41 Å². The average molecular weight is 359 g/mol. The first-order valence-corrected chi connectivity index (χ1v) is 8.67. The molecule has 0 unspecified atom stereocenters. The molecule has 26 heavy (non-hydrogen) atoms. The Hall–Kier alpha value is -2.64. The largest absolute Gasteiger partial charge is 0.351 e. The van der Waals surface area contributed by atoms with Crippen LogP contribution in [0.15, 0.2) is 23.0 Å². The van der Waals surface area contributed by atoms with Gasteiger partial charge in [-0.25, -0.2) is 0 Å². The first kappa shape index (κ1) is 18.2. The first-order valence-electron chi connectivity index (χ1n) is 8.67. The van der Waals surface area contributed by atoms with Crippen molar-refractivity contribution in [3.05, 3.63) is 35.5 Å². The van der Waals surface area contributed by atoms with Crippen molar-refractivity contribution in [2.45, 2.75) is 39.7 Å². The summed E-state index contributed by atoms with van der Waals surface area (Å²) in [6.07, 6.45) is 3.71. The molecule has 3 rings (SSSR count). The Morgan fingerprint density at radius 3 is 2.58 bits per heavy atom. The minimum absolute atomic E-state index is 0.0250. The van der Waals surface area contributed by atoms with Gasteiger partial charge in [-0.15, -0.1) is 0 Å². The van der Waals surface area contributed by atoms with Crippen LogP contribution in [-0.2, 0) is 11.8 Å². The number of aromatic nitrogens is 3. The van der Waals surface area contributed by atoms with Crippen molar-refractivity contribution in [1.82, 2.24) is 25.2 Å². The average Bonchev–Trinajstić information content (AvgIpc) is 3.25. The second-order valence-electron chi connectivity index (χ2n) is 7.93. The van der Waals surface area contributed by atoms with E-state index in [0.717, 1.165) is 5.56 Å². The fourth-order valence-electron chi connectivity index (χ4n) is 3.27. The maximum absolute atomic E-state index is 12.7. The third kappa shape index (κ3) is 3.63. The predicted molar refractivity (Wildman–Crippen MR) is 94.5 cm³/mol. The van der Waals surface area contributed by atoms with E-state index in [2.05, 4.69) is 15.6 Å². The van der Waals surface area contributed by atoms with E-state index in [0.29, 0.717) is 18.8 Å². The fourth-order valence-corrected chi connectivity index (χ4v) is 3.27. The summed E-state index contributed by atoms with van der Waals surface area (Å²) in [7, 11) is 1.85. The highest BCUT2D eigenvalue weighted by atomic mass is 16.5. The number of hydrogen-bond donors (Lipinski definition) is 1. The third-order valence-corrected chi connectivity index (χ3v) is 4.57. The van der Waals surface area contributed by atoms with Crippen LogP contribution in [-0.4, -0.2) is 50.8 Å². The van der Waals surface area contributed by atoms with Gasteiger partial charge in [0.25, 0.3) is 5.91 Å². The van der Waals surface area contributed by atoms with Crippen molar-refractivity contribution in [2.24, 2.45) is 12.5 Å². The normalized spacial score (nSPS) is 20.4. The molecule has 140 valence electrons. The molecule has 0 bridgehead atoms. The van der Waals surface area contributed by atoms with Gasteiger partial charge in [-0.2, -0.15) is 5.10 Å². The molecule has 0 aliphatic carbocycles. The van der Waals surface area contributed by atoms with Crippen molar-refractivity contribution in [1.29, 1.82) is 0 Å². The molecule has 1 N–H and O–H groups in total. The van der Waals surface area contributed by atoms with E-state index in [1.807, 2.05) is 38.9 Å². The summed E-state index contributed by atoms with van der Waals surface area (Å²) in [5, 5.41) is 11.0. The zero-order chi connectivity index (χ0) is 19.1.